The smallest absolute Gasteiger partial charge is 0.251 e. The Balaban J connectivity index is 1.75. The molecule has 0 aromatic heterocycles. The molecular formula is C18H19N3O3. The van der Waals surface area contributed by atoms with Gasteiger partial charge in [0.15, 0.2) is 0 Å². The first-order valence-electron chi connectivity index (χ1n) is 7.51. The zero-order valence-electron chi connectivity index (χ0n) is 13.3. The zero-order chi connectivity index (χ0) is 17.4. The molecule has 24 heavy (non-hydrogen) atoms. The zero-order valence-corrected chi connectivity index (χ0v) is 13.3. The van der Waals surface area contributed by atoms with E-state index in [1.807, 2.05) is 18.2 Å². The van der Waals surface area contributed by atoms with E-state index in [0.717, 1.165) is 5.56 Å². The van der Waals surface area contributed by atoms with Crippen LogP contribution in [0, 0.1) is 0 Å². The van der Waals surface area contributed by atoms with Gasteiger partial charge >= 0.3 is 0 Å². The van der Waals surface area contributed by atoms with Crippen molar-refractivity contribution in [1.29, 1.82) is 0 Å². The Labute approximate surface area is 140 Å². The summed E-state index contributed by atoms with van der Waals surface area (Å²) in [5, 5.41) is 7.96. The molecule has 0 aliphatic rings. The Morgan fingerprint density at radius 3 is 2.17 bits per heavy atom. The van der Waals surface area contributed by atoms with Crippen molar-refractivity contribution in [2.24, 2.45) is 0 Å². The van der Waals surface area contributed by atoms with Crippen LogP contribution in [0.4, 0.5) is 5.69 Å². The number of rotatable bonds is 6. The van der Waals surface area contributed by atoms with Gasteiger partial charge in [-0.1, -0.05) is 30.3 Å². The van der Waals surface area contributed by atoms with Crippen LogP contribution < -0.4 is 16.0 Å². The molecule has 0 aliphatic carbocycles. The lowest BCUT2D eigenvalue weighted by Gasteiger charge is -2.08. The molecule has 2 aromatic rings. The lowest BCUT2D eigenvalue weighted by Crippen LogP contribution is -2.36. The summed E-state index contributed by atoms with van der Waals surface area (Å²) in [5.74, 6) is -0.694. The minimum atomic E-state index is -0.287. The van der Waals surface area contributed by atoms with E-state index in [0.29, 0.717) is 17.8 Å². The van der Waals surface area contributed by atoms with Crippen molar-refractivity contribution in [2.75, 3.05) is 11.9 Å². The molecule has 0 unspecified atom stereocenters. The van der Waals surface area contributed by atoms with Gasteiger partial charge in [0.25, 0.3) is 5.91 Å². The second-order valence-corrected chi connectivity index (χ2v) is 5.20. The standard InChI is InChI=1S/C18H19N3O3/c1-13(22)21-16-9-7-14(8-10-16)11-19-17(23)12-20-18(24)15-5-3-2-4-6-15/h2-10H,11-12H2,1H3,(H,19,23)(H,20,24)(H,21,22). The third kappa shape index (κ3) is 5.57. The summed E-state index contributed by atoms with van der Waals surface area (Å²) < 4.78 is 0. The van der Waals surface area contributed by atoms with Gasteiger partial charge in [0, 0.05) is 24.7 Å². The molecule has 0 fully saturated rings. The molecule has 0 atom stereocenters. The van der Waals surface area contributed by atoms with E-state index >= 15 is 0 Å². The van der Waals surface area contributed by atoms with E-state index < -0.39 is 0 Å². The van der Waals surface area contributed by atoms with E-state index in [4.69, 9.17) is 0 Å². The van der Waals surface area contributed by atoms with Crippen LogP contribution in [0.3, 0.4) is 0 Å². The highest BCUT2D eigenvalue weighted by atomic mass is 16.2. The molecular weight excluding hydrogens is 306 g/mol. The number of anilines is 1. The number of hydrogen-bond acceptors (Lipinski definition) is 3. The molecule has 0 heterocycles. The van der Waals surface area contributed by atoms with E-state index in [1.54, 1.807) is 36.4 Å². The third-order valence-corrected chi connectivity index (χ3v) is 3.21. The average molecular weight is 325 g/mol. The molecule has 6 nitrogen and oxygen atoms in total. The lowest BCUT2D eigenvalue weighted by atomic mass is 10.2. The molecule has 3 amide bonds. The normalized spacial score (nSPS) is 9.88. The molecule has 0 aliphatic heterocycles. The van der Waals surface area contributed by atoms with E-state index in [1.165, 1.54) is 6.92 Å². The van der Waals surface area contributed by atoms with Gasteiger partial charge in [0.1, 0.15) is 0 Å². The highest BCUT2D eigenvalue weighted by molar-refractivity contribution is 5.96. The lowest BCUT2D eigenvalue weighted by molar-refractivity contribution is -0.120. The van der Waals surface area contributed by atoms with Gasteiger partial charge in [0.2, 0.25) is 11.8 Å². The maximum atomic E-state index is 11.8. The maximum absolute atomic E-state index is 11.8. The fraction of sp³-hybridized carbons (Fsp3) is 0.167. The number of amides is 3. The SMILES string of the molecule is CC(=O)Nc1ccc(CNC(=O)CNC(=O)c2ccccc2)cc1. The predicted octanol–water partition coefficient (Wildman–Crippen LogP) is 1.69. The van der Waals surface area contributed by atoms with Crippen LogP contribution in [0.5, 0.6) is 0 Å². The average Bonchev–Trinajstić information content (AvgIpc) is 2.59. The van der Waals surface area contributed by atoms with Crippen LogP contribution in [0.15, 0.2) is 54.6 Å². The highest BCUT2D eigenvalue weighted by Gasteiger charge is 2.07. The van der Waals surface area contributed by atoms with Crippen molar-refractivity contribution in [1.82, 2.24) is 10.6 Å². The monoisotopic (exact) mass is 325 g/mol. The summed E-state index contributed by atoms with van der Waals surface area (Å²) in [6.45, 7) is 1.70. The second-order valence-electron chi connectivity index (χ2n) is 5.20. The molecule has 0 saturated carbocycles. The van der Waals surface area contributed by atoms with Crippen molar-refractivity contribution < 1.29 is 14.4 Å². The Morgan fingerprint density at radius 1 is 0.875 bits per heavy atom. The molecule has 3 N–H and O–H groups in total. The summed E-state index contributed by atoms with van der Waals surface area (Å²) in [6, 6.07) is 15.9. The van der Waals surface area contributed by atoms with Crippen LogP contribution in [0.1, 0.15) is 22.8 Å². The van der Waals surface area contributed by atoms with Crippen molar-refractivity contribution in [3.8, 4) is 0 Å². The number of benzene rings is 2. The van der Waals surface area contributed by atoms with Crippen LogP contribution in [-0.2, 0) is 16.1 Å². The van der Waals surface area contributed by atoms with Gasteiger partial charge < -0.3 is 16.0 Å². The predicted molar refractivity (Wildman–Crippen MR) is 91.4 cm³/mol. The third-order valence-electron chi connectivity index (χ3n) is 3.21. The first kappa shape index (κ1) is 17.2. The van der Waals surface area contributed by atoms with Gasteiger partial charge in [-0.3, -0.25) is 14.4 Å². The summed E-state index contributed by atoms with van der Waals surface area (Å²) in [7, 11) is 0. The highest BCUT2D eigenvalue weighted by Crippen LogP contribution is 2.09. The second kappa shape index (κ2) is 8.47. The molecule has 6 heteroatoms. The first-order valence-corrected chi connectivity index (χ1v) is 7.51. The van der Waals surface area contributed by atoms with Crippen LogP contribution >= 0.6 is 0 Å². The van der Waals surface area contributed by atoms with E-state index in [9.17, 15) is 14.4 Å². The quantitative estimate of drug-likeness (QED) is 0.755. The van der Waals surface area contributed by atoms with Crippen molar-refractivity contribution in [3.63, 3.8) is 0 Å². The summed E-state index contributed by atoms with van der Waals surface area (Å²) in [5.41, 5.74) is 2.11. The van der Waals surface area contributed by atoms with Gasteiger partial charge in [0.05, 0.1) is 6.54 Å². The van der Waals surface area contributed by atoms with Crippen molar-refractivity contribution >= 4 is 23.4 Å². The van der Waals surface area contributed by atoms with Crippen LogP contribution in [0.2, 0.25) is 0 Å². The van der Waals surface area contributed by atoms with Gasteiger partial charge in [-0.25, -0.2) is 0 Å². The fourth-order valence-corrected chi connectivity index (χ4v) is 2.02. The van der Waals surface area contributed by atoms with Gasteiger partial charge in [-0.15, -0.1) is 0 Å². The molecule has 0 spiro atoms. The Hall–Kier alpha value is -3.15. The molecule has 0 radical (unpaired) electrons. The van der Waals surface area contributed by atoms with Crippen molar-refractivity contribution in [3.05, 3.63) is 65.7 Å². The number of nitrogens with one attached hydrogen (secondary N) is 3. The first-order chi connectivity index (χ1) is 11.5. The maximum Gasteiger partial charge on any atom is 0.251 e. The summed E-state index contributed by atoms with van der Waals surface area (Å²) in [4.78, 5) is 34.5. The summed E-state index contributed by atoms with van der Waals surface area (Å²) in [6.07, 6.45) is 0. The summed E-state index contributed by atoms with van der Waals surface area (Å²) >= 11 is 0. The van der Waals surface area contributed by atoms with Gasteiger partial charge in [-0.05, 0) is 29.8 Å². The minimum Gasteiger partial charge on any atom is -0.350 e. The largest absolute Gasteiger partial charge is 0.350 e. The van der Waals surface area contributed by atoms with Crippen LogP contribution in [0.25, 0.3) is 0 Å². The molecule has 2 rings (SSSR count). The van der Waals surface area contributed by atoms with Crippen molar-refractivity contribution in [2.45, 2.75) is 13.5 Å². The minimum absolute atomic E-state index is 0.0856. The molecule has 0 bridgehead atoms. The van der Waals surface area contributed by atoms with Crippen LogP contribution in [-0.4, -0.2) is 24.3 Å². The topological polar surface area (TPSA) is 87.3 Å². The Bertz CT molecular complexity index is 712. The molecule has 0 saturated heterocycles. The fourth-order valence-electron chi connectivity index (χ4n) is 2.02. The van der Waals surface area contributed by atoms with Gasteiger partial charge in [-0.2, -0.15) is 0 Å². The van der Waals surface area contributed by atoms with E-state index in [-0.39, 0.29) is 24.3 Å². The Morgan fingerprint density at radius 2 is 1.54 bits per heavy atom. The number of carbonyl (C=O) groups is 3. The molecule has 2 aromatic carbocycles. The number of hydrogen-bond donors (Lipinski definition) is 3. The van der Waals surface area contributed by atoms with E-state index in [2.05, 4.69) is 16.0 Å². The number of carbonyl (C=O) groups excluding carboxylic acids is 3. The molecule has 124 valence electrons. The Kier molecular flexibility index (Phi) is 6.08.